The van der Waals surface area contributed by atoms with Gasteiger partial charge in [-0.2, -0.15) is 21.7 Å². The summed E-state index contributed by atoms with van der Waals surface area (Å²) in [6, 6.07) is 15.4. The maximum Gasteiger partial charge on any atom is 0.410 e. The van der Waals surface area contributed by atoms with Gasteiger partial charge in [-0.1, -0.05) is 48.5 Å². The molecule has 0 saturated carbocycles. The van der Waals surface area contributed by atoms with Gasteiger partial charge in [-0.3, -0.25) is 30.2 Å². The molecule has 0 spiro atoms. The number of nitrogens with two attached hydrogens (primary N) is 2. The zero-order valence-corrected chi connectivity index (χ0v) is 35.7. The molecule has 58 heavy (non-hydrogen) atoms. The van der Waals surface area contributed by atoms with Crippen LogP contribution in [-0.2, 0) is 40.3 Å². The number of hydrogen-bond donors (Lipinski definition) is 5. The summed E-state index contributed by atoms with van der Waals surface area (Å²) in [4.78, 5) is 64.3. The fraction of sp³-hybridized carbons (Fsp3) is 0.487. The molecular weight excluding hydrogens is 801 g/mol. The largest absolute Gasteiger partial charge is 0.465 e. The quantitative estimate of drug-likeness (QED) is 0.106. The van der Waals surface area contributed by atoms with E-state index in [-0.39, 0.29) is 39.4 Å². The van der Waals surface area contributed by atoms with E-state index in [0.717, 1.165) is 58.9 Å². The smallest absolute Gasteiger partial charge is 0.410 e. The minimum Gasteiger partial charge on any atom is -0.465 e. The van der Waals surface area contributed by atoms with Gasteiger partial charge in [0.1, 0.15) is 5.60 Å². The van der Waals surface area contributed by atoms with Gasteiger partial charge in [0, 0.05) is 77.6 Å². The maximum absolute atomic E-state index is 12.7. The van der Waals surface area contributed by atoms with E-state index < -0.39 is 23.5 Å². The van der Waals surface area contributed by atoms with Crippen LogP contribution in [0.15, 0.2) is 58.5 Å². The van der Waals surface area contributed by atoms with E-state index in [2.05, 4.69) is 19.8 Å². The number of aliphatic imine (C=N–C) groups is 2. The Morgan fingerprint density at radius 2 is 1.17 bits per heavy atom. The van der Waals surface area contributed by atoms with Crippen LogP contribution in [0.5, 0.6) is 0 Å². The first kappa shape index (κ1) is 46.3. The molecule has 0 aliphatic carbocycles. The highest BCUT2D eigenvalue weighted by Gasteiger charge is 2.26. The lowest BCUT2D eigenvalue weighted by Crippen LogP contribution is -2.49. The van der Waals surface area contributed by atoms with Crippen molar-refractivity contribution in [2.75, 3.05) is 63.9 Å². The van der Waals surface area contributed by atoms with E-state index in [0.29, 0.717) is 70.3 Å². The van der Waals surface area contributed by atoms with E-state index in [9.17, 15) is 19.2 Å². The van der Waals surface area contributed by atoms with Crippen LogP contribution >= 0.6 is 35.3 Å². The topological polar surface area (TPSA) is 235 Å². The molecule has 2 heterocycles. The standard InChI is InChI=1S/C39H54N10O6S3/c1-39(2,3)55-38(54)49-17-13-47(14-18-49)25-30-9-5-6-27(21-30)22-33(50)44-35(42)57-31(40)10-19-56-26-32(41)58-36(43)45-34(51)23-28-7-4-8-29(20-28)24-46-11-15-48(16-12-46)37(52)53/h4-9,20-21,40-41H,10-19,22-26H2,1-3H3,(H,52,53)(H2,42,44,50)(H2,43,45,51). The monoisotopic (exact) mass is 854 g/mol. The molecule has 2 aromatic carbocycles. The molecule has 7 N–H and O–H groups in total. The number of nitrogens with one attached hydrogen (secondary N) is 2. The third-order valence-corrected chi connectivity index (χ3v) is 11.4. The van der Waals surface area contributed by atoms with Gasteiger partial charge >= 0.3 is 12.2 Å². The summed E-state index contributed by atoms with van der Waals surface area (Å²) in [5.41, 5.74) is 15.1. The number of benzene rings is 2. The average Bonchev–Trinajstić information content (AvgIpc) is 3.13. The van der Waals surface area contributed by atoms with Gasteiger partial charge in [-0.05, 0) is 72.3 Å². The number of piperazine rings is 2. The number of nitrogens with zero attached hydrogens (tertiary/aromatic N) is 6. The second-order valence-electron chi connectivity index (χ2n) is 14.8. The van der Waals surface area contributed by atoms with E-state index >= 15 is 0 Å². The van der Waals surface area contributed by atoms with Crippen LogP contribution < -0.4 is 11.5 Å². The molecule has 0 unspecified atom stereocenters. The number of carboxylic acid groups (broad SMARTS) is 1. The Morgan fingerprint density at radius 3 is 1.64 bits per heavy atom. The number of ether oxygens (including phenoxy) is 1. The molecule has 314 valence electrons. The van der Waals surface area contributed by atoms with Crippen LogP contribution in [0.1, 0.15) is 49.4 Å². The molecule has 0 aromatic heterocycles. The number of amidine groups is 2. The minimum atomic E-state index is -0.902. The number of amides is 4. The number of hydrogen-bond acceptors (Lipinski definition) is 12. The van der Waals surface area contributed by atoms with Gasteiger partial charge in [0.15, 0.2) is 10.3 Å². The summed E-state index contributed by atoms with van der Waals surface area (Å²) in [6.45, 7) is 11.7. The van der Waals surface area contributed by atoms with Crippen molar-refractivity contribution in [2.45, 2.75) is 58.7 Å². The average molecular weight is 855 g/mol. The lowest BCUT2D eigenvalue weighted by atomic mass is 10.1. The molecule has 2 aliphatic rings. The lowest BCUT2D eigenvalue weighted by Gasteiger charge is -2.35. The zero-order valence-electron chi connectivity index (χ0n) is 33.3. The highest BCUT2D eigenvalue weighted by atomic mass is 32.2. The van der Waals surface area contributed by atoms with Gasteiger partial charge in [0.25, 0.3) is 11.8 Å². The Kier molecular flexibility index (Phi) is 18.1. The summed E-state index contributed by atoms with van der Waals surface area (Å²) in [5.74, 6) is 0.0229. The Labute approximate surface area is 352 Å². The Bertz CT molecular complexity index is 1850. The molecule has 0 atom stereocenters. The fourth-order valence-electron chi connectivity index (χ4n) is 6.09. The predicted molar refractivity (Wildman–Crippen MR) is 234 cm³/mol. The van der Waals surface area contributed by atoms with Crippen molar-refractivity contribution in [1.82, 2.24) is 19.6 Å². The first-order valence-corrected chi connectivity index (χ1v) is 21.7. The number of rotatable bonds is 13. The maximum atomic E-state index is 12.7. The molecule has 0 bridgehead atoms. The third-order valence-electron chi connectivity index (χ3n) is 8.80. The van der Waals surface area contributed by atoms with Crippen molar-refractivity contribution >= 4 is 79.7 Å². The van der Waals surface area contributed by atoms with Crippen molar-refractivity contribution in [3.05, 3.63) is 70.8 Å². The Hall–Kier alpha value is -4.43. The van der Waals surface area contributed by atoms with Crippen molar-refractivity contribution in [3.63, 3.8) is 0 Å². The van der Waals surface area contributed by atoms with Crippen LogP contribution in [0.3, 0.4) is 0 Å². The fourth-order valence-corrected chi connectivity index (χ4v) is 8.38. The number of carbonyl (C=O) groups excluding carboxylic acids is 3. The second kappa shape index (κ2) is 22.6. The molecule has 2 aliphatic heterocycles. The van der Waals surface area contributed by atoms with E-state index in [4.69, 9.17) is 32.1 Å². The van der Waals surface area contributed by atoms with Crippen LogP contribution in [0.25, 0.3) is 0 Å². The van der Waals surface area contributed by atoms with Crippen molar-refractivity contribution in [2.24, 2.45) is 21.5 Å². The molecule has 19 heteroatoms. The molecule has 2 aromatic rings. The van der Waals surface area contributed by atoms with Crippen LogP contribution in [0.4, 0.5) is 9.59 Å². The van der Waals surface area contributed by atoms with E-state index in [1.54, 1.807) is 4.90 Å². The summed E-state index contributed by atoms with van der Waals surface area (Å²) in [6.07, 6.45) is -0.692. The van der Waals surface area contributed by atoms with Crippen molar-refractivity contribution in [3.8, 4) is 0 Å². The summed E-state index contributed by atoms with van der Waals surface area (Å²) in [7, 11) is 0. The molecule has 4 amide bonds. The van der Waals surface area contributed by atoms with Gasteiger partial charge < -0.3 is 31.1 Å². The predicted octanol–water partition coefficient (Wildman–Crippen LogP) is 4.55. The Morgan fingerprint density at radius 1 is 0.724 bits per heavy atom. The summed E-state index contributed by atoms with van der Waals surface area (Å²) in [5, 5.41) is 26.1. The molecule has 2 saturated heterocycles. The van der Waals surface area contributed by atoms with E-state index in [1.807, 2.05) is 69.3 Å². The molecular formula is C39H54N10O6S3. The highest BCUT2D eigenvalue weighted by molar-refractivity contribution is 8.27. The zero-order chi connectivity index (χ0) is 42.2. The molecule has 16 nitrogen and oxygen atoms in total. The Balaban J connectivity index is 1.10. The van der Waals surface area contributed by atoms with Gasteiger partial charge in [0.05, 0.1) is 22.9 Å². The second-order valence-corrected chi connectivity index (χ2v) is 18.2. The first-order valence-electron chi connectivity index (χ1n) is 18.9. The SMILES string of the molecule is CC(C)(C)OC(=O)N1CCN(Cc2cccc(CC(=O)N=C(N)SC(=N)CCSCC(=N)SC(N)=NC(=O)Cc3cccc(CN4CCN(C(=O)O)CC4)c3)c2)CC1. The summed E-state index contributed by atoms with van der Waals surface area (Å²) < 4.78 is 5.48. The molecule has 2 fully saturated rings. The van der Waals surface area contributed by atoms with E-state index in [1.165, 1.54) is 16.7 Å². The van der Waals surface area contributed by atoms with Crippen molar-refractivity contribution < 1.29 is 29.0 Å². The first-order chi connectivity index (χ1) is 27.5. The van der Waals surface area contributed by atoms with Crippen LogP contribution in [-0.4, -0.2) is 139 Å². The van der Waals surface area contributed by atoms with Crippen LogP contribution in [0.2, 0.25) is 0 Å². The summed E-state index contributed by atoms with van der Waals surface area (Å²) >= 11 is 3.27. The minimum absolute atomic E-state index is 0.00118. The lowest BCUT2D eigenvalue weighted by molar-refractivity contribution is -0.118. The van der Waals surface area contributed by atoms with Crippen molar-refractivity contribution in [1.29, 1.82) is 10.8 Å². The van der Waals surface area contributed by atoms with Gasteiger partial charge in [0.2, 0.25) is 0 Å². The number of carbonyl (C=O) groups is 4. The molecule has 4 rings (SSSR count). The van der Waals surface area contributed by atoms with Gasteiger partial charge in [-0.15, -0.1) is 0 Å². The van der Waals surface area contributed by atoms with Crippen LogP contribution in [0, 0.1) is 10.8 Å². The normalized spacial score (nSPS) is 15.9. The molecule has 0 radical (unpaired) electrons. The van der Waals surface area contributed by atoms with Gasteiger partial charge in [-0.25, -0.2) is 9.59 Å². The number of thioether (sulfide) groups is 3. The third kappa shape index (κ3) is 17.2. The highest BCUT2D eigenvalue weighted by Crippen LogP contribution is 2.18.